The summed E-state index contributed by atoms with van der Waals surface area (Å²) in [7, 11) is 0. The van der Waals surface area contributed by atoms with Crippen LogP contribution >= 0.6 is 11.8 Å². The minimum absolute atomic E-state index is 0.0161. The lowest BCUT2D eigenvalue weighted by atomic mass is 9.89. The van der Waals surface area contributed by atoms with Crippen molar-refractivity contribution in [2.24, 2.45) is 5.92 Å². The lowest BCUT2D eigenvalue weighted by Crippen LogP contribution is -2.48. The summed E-state index contributed by atoms with van der Waals surface area (Å²) in [6.07, 6.45) is 8.09. The van der Waals surface area contributed by atoms with E-state index in [1.807, 2.05) is 47.0 Å². The molecule has 5 heterocycles. The maximum Gasteiger partial charge on any atom is 0.315 e. The van der Waals surface area contributed by atoms with Gasteiger partial charge in [-0.2, -0.15) is 17.0 Å². The van der Waals surface area contributed by atoms with Crippen LogP contribution in [0.25, 0.3) is 0 Å². The zero-order chi connectivity index (χ0) is 53.3. The lowest BCUT2D eigenvalue weighted by molar-refractivity contribution is -0.122. The molecule has 2 aromatic carbocycles. The SMILES string of the molecule is N#Cc1ccc(CN2CCC(CC(=O)c3ncc(C(=O)N4CCN(Cc5ccc(F)cc5)CC4)cc3CCCNC(=O)CCOCCOCCOCCOCCNC(=O)CCCC[C@@H]3SCC4NC(=O)NC43)CC2)cc1. The Hall–Kier alpha value is -5.53. The summed E-state index contributed by atoms with van der Waals surface area (Å²) in [5, 5.41) is 21.4. The Kier molecular flexibility index (Phi) is 24.2. The molecule has 412 valence electrons. The van der Waals surface area contributed by atoms with Crippen LogP contribution in [0, 0.1) is 23.1 Å². The molecule has 3 aromatic rings. The molecule has 76 heavy (non-hydrogen) atoms. The number of nitrogens with one attached hydrogen (secondary N) is 4. The van der Waals surface area contributed by atoms with Gasteiger partial charge in [-0.15, -0.1) is 0 Å². The number of hydrogen-bond donors (Lipinski definition) is 4. The van der Waals surface area contributed by atoms with E-state index in [2.05, 4.69) is 42.1 Å². The third-order valence-electron chi connectivity index (χ3n) is 14.3. The van der Waals surface area contributed by atoms with Gasteiger partial charge in [0.25, 0.3) is 5.91 Å². The predicted octanol–water partition coefficient (Wildman–Crippen LogP) is 4.88. The van der Waals surface area contributed by atoms with Crippen LogP contribution in [0.5, 0.6) is 0 Å². The first-order chi connectivity index (χ1) is 37.1. The maximum atomic E-state index is 13.9. The Morgan fingerprint density at radius 1 is 0.737 bits per heavy atom. The van der Waals surface area contributed by atoms with Gasteiger partial charge in [-0.05, 0) is 105 Å². The van der Waals surface area contributed by atoms with Crippen molar-refractivity contribution in [3.05, 3.63) is 100 Å². The van der Waals surface area contributed by atoms with Crippen molar-refractivity contribution in [2.75, 3.05) is 111 Å². The van der Waals surface area contributed by atoms with Crippen LogP contribution in [0.15, 0.2) is 60.8 Å². The zero-order valence-corrected chi connectivity index (χ0v) is 44.6. The standard InChI is InChI=1S/C56H76FN9O9S/c57-47-13-11-44(12-14-47)39-65-22-24-66(25-23-65)55(70)46-35-45(53(61-37-46)49(67)34-41-15-20-64(21-16-41)38-43-9-7-42(36-58)8-10-43)4-3-18-59-52(69)17-26-72-28-30-74-32-33-75-31-29-73-27-19-60-51(68)6-2-1-5-50-54-48(40-76-50)62-56(71)63-54/h7-14,35,37,41,48,50,54H,1-6,15-34,38-40H2,(H,59,69)(H,60,68)(H2,62,63,71)/t48?,50-,54?/m0/s1. The van der Waals surface area contributed by atoms with Gasteiger partial charge in [0.05, 0.1) is 82.1 Å². The molecule has 4 N–H and O–H groups in total. The third-order valence-corrected chi connectivity index (χ3v) is 15.8. The number of ketones is 1. The molecule has 4 fully saturated rings. The highest BCUT2D eigenvalue weighted by atomic mass is 32.2. The first-order valence-corrected chi connectivity index (χ1v) is 28.2. The first-order valence-electron chi connectivity index (χ1n) is 27.1. The summed E-state index contributed by atoms with van der Waals surface area (Å²) in [6, 6.07) is 18.5. The zero-order valence-electron chi connectivity index (χ0n) is 43.8. The molecule has 4 aliphatic rings. The molecule has 0 bridgehead atoms. The molecule has 0 aliphatic carbocycles. The molecule has 4 aliphatic heterocycles. The number of benzene rings is 2. The summed E-state index contributed by atoms with van der Waals surface area (Å²) in [4.78, 5) is 75.3. The van der Waals surface area contributed by atoms with E-state index in [9.17, 15) is 28.4 Å². The van der Waals surface area contributed by atoms with Crippen molar-refractivity contribution in [1.29, 1.82) is 5.26 Å². The minimum Gasteiger partial charge on any atom is -0.379 e. The van der Waals surface area contributed by atoms with Gasteiger partial charge in [-0.1, -0.05) is 30.7 Å². The van der Waals surface area contributed by atoms with E-state index in [1.54, 1.807) is 12.1 Å². The molecule has 20 heteroatoms. The average molecular weight is 1070 g/mol. The third kappa shape index (κ3) is 19.5. The molecule has 0 radical (unpaired) electrons. The smallest absolute Gasteiger partial charge is 0.315 e. The second-order valence-electron chi connectivity index (χ2n) is 20.0. The van der Waals surface area contributed by atoms with Crippen molar-refractivity contribution >= 4 is 41.3 Å². The Bertz CT molecular complexity index is 2360. The van der Waals surface area contributed by atoms with Gasteiger partial charge in [-0.3, -0.25) is 34.0 Å². The second kappa shape index (κ2) is 31.6. The fraction of sp³-hybridized carbons (Fsp3) is 0.589. The number of halogens is 1. The number of aromatic nitrogens is 1. The summed E-state index contributed by atoms with van der Waals surface area (Å²) < 4.78 is 35.7. The summed E-state index contributed by atoms with van der Waals surface area (Å²) in [6.45, 7) is 9.42. The second-order valence-corrected chi connectivity index (χ2v) is 21.2. The van der Waals surface area contributed by atoms with Crippen LogP contribution < -0.4 is 21.3 Å². The van der Waals surface area contributed by atoms with E-state index in [-0.39, 0.29) is 66.4 Å². The first kappa shape index (κ1) is 58.2. The molecule has 0 spiro atoms. The normalized spacial score (nSPS) is 18.9. The predicted molar refractivity (Wildman–Crippen MR) is 286 cm³/mol. The number of carbonyl (C=O) groups is 5. The summed E-state index contributed by atoms with van der Waals surface area (Å²) >= 11 is 1.89. The van der Waals surface area contributed by atoms with Gasteiger partial charge in [0.2, 0.25) is 11.8 Å². The number of amides is 5. The Balaban J connectivity index is 0.731. The number of nitrogens with zero attached hydrogens (tertiary/aromatic N) is 5. The number of ether oxygens (including phenoxy) is 4. The number of thioether (sulfide) groups is 1. The van der Waals surface area contributed by atoms with Crippen molar-refractivity contribution in [1.82, 2.24) is 41.0 Å². The fourth-order valence-corrected chi connectivity index (χ4v) is 11.5. The molecule has 18 nitrogen and oxygen atoms in total. The minimum atomic E-state index is -0.268. The van der Waals surface area contributed by atoms with Gasteiger partial charge in [0.15, 0.2) is 5.78 Å². The number of likely N-dealkylation sites (tertiary alicyclic amines) is 1. The number of carbonyl (C=O) groups excluding carboxylic acids is 5. The lowest BCUT2D eigenvalue weighted by Gasteiger charge is -2.34. The largest absolute Gasteiger partial charge is 0.379 e. The fourth-order valence-electron chi connectivity index (χ4n) is 10.0. The number of unbranched alkanes of at least 4 members (excludes halogenated alkanes) is 1. The van der Waals surface area contributed by atoms with E-state index in [1.165, 1.54) is 18.3 Å². The van der Waals surface area contributed by atoms with Gasteiger partial charge in [0, 0.05) is 88.8 Å². The van der Waals surface area contributed by atoms with Crippen molar-refractivity contribution in [2.45, 2.75) is 94.6 Å². The van der Waals surface area contributed by atoms with Crippen LogP contribution in [0.2, 0.25) is 0 Å². The van der Waals surface area contributed by atoms with Crippen LogP contribution in [0.4, 0.5) is 9.18 Å². The molecule has 5 amide bonds. The van der Waals surface area contributed by atoms with E-state index >= 15 is 0 Å². The Morgan fingerprint density at radius 3 is 2.04 bits per heavy atom. The number of aryl methyl sites for hydroxylation is 1. The Labute approximate surface area is 450 Å². The average Bonchev–Trinajstić information content (AvgIpc) is 4.00. The molecular formula is C56H76FN9O9S. The van der Waals surface area contributed by atoms with Gasteiger partial charge < -0.3 is 45.1 Å². The topological polar surface area (TPSA) is 217 Å². The summed E-state index contributed by atoms with van der Waals surface area (Å²) in [5.41, 5.74) is 4.33. The van der Waals surface area contributed by atoms with Crippen LogP contribution in [0.3, 0.4) is 0 Å². The Morgan fingerprint density at radius 2 is 1.36 bits per heavy atom. The number of piperazine rings is 1. The van der Waals surface area contributed by atoms with Crippen molar-refractivity contribution in [3.63, 3.8) is 0 Å². The quantitative estimate of drug-likeness (QED) is 0.0373. The highest BCUT2D eigenvalue weighted by Gasteiger charge is 2.42. The number of rotatable bonds is 32. The highest BCUT2D eigenvalue weighted by Crippen LogP contribution is 2.33. The van der Waals surface area contributed by atoms with Gasteiger partial charge >= 0.3 is 6.03 Å². The van der Waals surface area contributed by atoms with Gasteiger partial charge in [0.1, 0.15) is 11.5 Å². The van der Waals surface area contributed by atoms with Crippen molar-refractivity contribution in [3.8, 4) is 6.07 Å². The number of piperidine rings is 1. The maximum absolute atomic E-state index is 13.9. The van der Waals surface area contributed by atoms with Crippen LogP contribution in [-0.2, 0) is 48.0 Å². The number of fused-ring (bicyclic) bond motifs is 1. The summed E-state index contributed by atoms with van der Waals surface area (Å²) in [5.74, 6) is 0.580. The number of urea groups is 1. The molecule has 0 saturated carbocycles. The molecule has 2 unspecified atom stereocenters. The molecule has 1 aromatic heterocycles. The van der Waals surface area contributed by atoms with Crippen LogP contribution in [-0.4, -0.2) is 178 Å². The number of pyridine rings is 1. The molecule has 3 atom stereocenters. The van der Waals surface area contributed by atoms with E-state index < -0.39 is 0 Å². The van der Waals surface area contributed by atoms with E-state index in [0.717, 1.165) is 68.6 Å². The van der Waals surface area contributed by atoms with Gasteiger partial charge in [-0.25, -0.2) is 9.18 Å². The van der Waals surface area contributed by atoms with Crippen molar-refractivity contribution < 1.29 is 47.3 Å². The molecular weight excluding hydrogens is 994 g/mol. The van der Waals surface area contributed by atoms with E-state index in [0.29, 0.717) is 145 Å². The number of Topliss-reactive ketones (excluding diaryl/α,β-unsaturated/α-hetero) is 1. The number of hydrogen-bond acceptors (Lipinski definition) is 14. The number of nitriles is 1. The molecule has 7 rings (SSSR count). The van der Waals surface area contributed by atoms with Crippen LogP contribution in [0.1, 0.15) is 101 Å². The highest BCUT2D eigenvalue weighted by molar-refractivity contribution is 8.00. The monoisotopic (exact) mass is 1070 g/mol. The molecule has 4 saturated heterocycles. The van der Waals surface area contributed by atoms with E-state index in [4.69, 9.17) is 24.2 Å².